The van der Waals surface area contributed by atoms with Crippen LogP contribution in [0.15, 0.2) is 0 Å². The minimum atomic E-state index is -0.670. The normalized spacial score (nSPS) is 23.4. The van der Waals surface area contributed by atoms with Crippen LogP contribution in [0.4, 0.5) is 0 Å². The zero-order valence-electron chi connectivity index (χ0n) is 12.1. The summed E-state index contributed by atoms with van der Waals surface area (Å²) in [7, 11) is 0. The third kappa shape index (κ3) is 4.58. The molecular weight excluding hydrogens is 230 g/mol. The predicted molar refractivity (Wildman–Crippen MR) is 71.3 cm³/mol. The van der Waals surface area contributed by atoms with E-state index in [2.05, 4.69) is 19.2 Å². The van der Waals surface area contributed by atoms with Gasteiger partial charge in [-0.3, -0.25) is 4.79 Å². The Hall–Kier alpha value is -0.610. The Kier molecular flexibility index (Phi) is 5.17. The van der Waals surface area contributed by atoms with Gasteiger partial charge in [0, 0.05) is 6.54 Å². The van der Waals surface area contributed by atoms with Gasteiger partial charge in [0.15, 0.2) is 0 Å². The average Bonchev–Trinajstić information content (AvgIpc) is 2.31. The number of ether oxygens (including phenoxy) is 1. The first-order valence-corrected chi connectivity index (χ1v) is 6.90. The molecule has 0 heterocycles. The van der Waals surface area contributed by atoms with Crippen molar-refractivity contribution in [2.75, 3.05) is 13.2 Å². The van der Waals surface area contributed by atoms with Crippen LogP contribution < -0.4 is 5.32 Å². The number of rotatable bonds is 5. The average molecular weight is 257 g/mol. The lowest BCUT2D eigenvalue weighted by Gasteiger charge is -2.40. The van der Waals surface area contributed by atoms with Crippen LogP contribution >= 0.6 is 0 Å². The number of carbonyl (C=O) groups excluding carboxylic acids is 1. The molecule has 0 bridgehead atoms. The zero-order chi connectivity index (χ0) is 13.8. The van der Waals surface area contributed by atoms with Crippen LogP contribution in [-0.2, 0) is 9.53 Å². The van der Waals surface area contributed by atoms with Gasteiger partial charge in [0.25, 0.3) is 0 Å². The summed E-state index contributed by atoms with van der Waals surface area (Å²) in [6.07, 6.45) is 3.64. The molecule has 1 aliphatic carbocycles. The summed E-state index contributed by atoms with van der Waals surface area (Å²) in [5, 5.41) is 13.5. The molecule has 1 atom stereocenters. The second-order valence-corrected chi connectivity index (χ2v) is 6.24. The zero-order valence-corrected chi connectivity index (χ0v) is 12.1. The van der Waals surface area contributed by atoms with Crippen molar-refractivity contribution < 1.29 is 14.6 Å². The van der Waals surface area contributed by atoms with Crippen LogP contribution in [0, 0.1) is 5.41 Å². The number of hydrogen-bond acceptors (Lipinski definition) is 4. The molecule has 1 saturated carbocycles. The van der Waals surface area contributed by atoms with Crippen molar-refractivity contribution in [3.8, 4) is 0 Å². The Morgan fingerprint density at radius 2 is 1.89 bits per heavy atom. The lowest BCUT2D eigenvalue weighted by atomic mass is 9.71. The Bertz CT molecular complexity index is 279. The molecule has 4 nitrogen and oxygen atoms in total. The number of esters is 1. The first-order chi connectivity index (χ1) is 8.28. The van der Waals surface area contributed by atoms with Crippen molar-refractivity contribution in [3.63, 3.8) is 0 Å². The van der Waals surface area contributed by atoms with Crippen molar-refractivity contribution in [2.24, 2.45) is 5.41 Å². The molecule has 2 N–H and O–H groups in total. The van der Waals surface area contributed by atoms with E-state index in [4.69, 9.17) is 4.74 Å². The molecule has 1 aliphatic rings. The quantitative estimate of drug-likeness (QED) is 0.738. The molecule has 0 aromatic carbocycles. The summed E-state index contributed by atoms with van der Waals surface area (Å²) in [4.78, 5) is 11.5. The lowest BCUT2D eigenvalue weighted by molar-refractivity contribution is -0.145. The molecule has 1 fully saturated rings. The monoisotopic (exact) mass is 257 g/mol. The van der Waals surface area contributed by atoms with E-state index < -0.39 is 5.60 Å². The van der Waals surface area contributed by atoms with Crippen LogP contribution in [0.5, 0.6) is 0 Å². The molecule has 1 rings (SSSR count). The van der Waals surface area contributed by atoms with Gasteiger partial charge in [-0.05, 0) is 44.9 Å². The third-order valence-corrected chi connectivity index (χ3v) is 3.91. The van der Waals surface area contributed by atoms with E-state index in [1.807, 2.05) is 0 Å². The van der Waals surface area contributed by atoms with Crippen molar-refractivity contribution >= 4 is 5.97 Å². The van der Waals surface area contributed by atoms with Gasteiger partial charge in [-0.15, -0.1) is 0 Å². The van der Waals surface area contributed by atoms with Gasteiger partial charge in [0.2, 0.25) is 0 Å². The molecule has 4 heteroatoms. The van der Waals surface area contributed by atoms with Gasteiger partial charge in [-0.1, -0.05) is 13.8 Å². The van der Waals surface area contributed by atoms with Crippen LogP contribution in [0.3, 0.4) is 0 Å². The van der Waals surface area contributed by atoms with Crippen molar-refractivity contribution in [2.45, 2.75) is 65.0 Å². The molecule has 0 aromatic heterocycles. The van der Waals surface area contributed by atoms with Gasteiger partial charge >= 0.3 is 5.97 Å². The maximum atomic E-state index is 11.5. The van der Waals surface area contributed by atoms with E-state index in [1.165, 1.54) is 0 Å². The number of nitrogens with one attached hydrogen (secondary N) is 1. The summed E-state index contributed by atoms with van der Waals surface area (Å²) in [5.74, 6) is -0.253. The molecule has 0 radical (unpaired) electrons. The van der Waals surface area contributed by atoms with Gasteiger partial charge in [0.1, 0.15) is 6.04 Å². The highest BCUT2D eigenvalue weighted by atomic mass is 16.5. The highest BCUT2D eigenvalue weighted by Gasteiger charge is 2.36. The van der Waals surface area contributed by atoms with Gasteiger partial charge < -0.3 is 15.2 Å². The van der Waals surface area contributed by atoms with Gasteiger partial charge in [-0.2, -0.15) is 0 Å². The van der Waals surface area contributed by atoms with Crippen LogP contribution in [0.25, 0.3) is 0 Å². The fourth-order valence-corrected chi connectivity index (χ4v) is 2.26. The van der Waals surface area contributed by atoms with Crippen molar-refractivity contribution in [3.05, 3.63) is 0 Å². The Morgan fingerprint density at radius 3 is 2.39 bits per heavy atom. The second kappa shape index (κ2) is 6.02. The van der Waals surface area contributed by atoms with Crippen molar-refractivity contribution in [1.82, 2.24) is 5.32 Å². The Labute approximate surface area is 110 Å². The number of carbonyl (C=O) groups is 1. The maximum Gasteiger partial charge on any atom is 0.322 e. The van der Waals surface area contributed by atoms with E-state index >= 15 is 0 Å². The minimum absolute atomic E-state index is 0.253. The standard InChI is InChI=1S/C14H27NO3/c1-5-18-12(16)11(2)15-10-14(17)8-6-13(3,4)7-9-14/h11,15,17H,5-10H2,1-4H3. The number of aliphatic hydroxyl groups is 1. The first kappa shape index (κ1) is 15.4. The first-order valence-electron chi connectivity index (χ1n) is 6.90. The molecule has 1 unspecified atom stereocenters. The molecule has 0 spiro atoms. The summed E-state index contributed by atoms with van der Waals surface area (Å²) in [6, 6.07) is -0.357. The summed E-state index contributed by atoms with van der Waals surface area (Å²) in [5.41, 5.74) is -0.338. The molecule has 106 valence electrons. The fraction of sp³-hybridized carbons (Fsp3) is 0.929. The second-order valence-electron chi connectivity index (χ2n) is 6.24. The van der Waals surface area contributed by atoms with Gasteiger partial charge in [-0.25, -0.2) is 0 Å². The van der Waals surface area contributed by atoms with Gasteiger partial charge in [0.05, 0.1) is 12.2 Å². The van der Waals surface area contributed by atoms with E-state index in [9.17, 15) is 9.90 Å². The third-order valence-electron chi connectivity index (χ3n) is 3.91. The predicted octanol–water partition coefficient (Wildman–Crippen LogP) is 1.86. The topological polar surface area (TPSA) is 58.6 Å². The summed E-state index contributed by atoms with van der Waals surface area (Å²) >= 11 is 0. The van der Waals surface area contributed by atoms with Crippen LogP contribution in [0.2, 0.25) is 0 Å². The van der Waals surface area contributed by atoms with Crippen LogP contribution in [0.1, 0.15) is 53.4 Å². The maximum absolute atomic E-state index is 11.5. The minimum Gasteiger partial charge on any atom is -0.465 e. The van der Waals surface area contributed by atoms with E-state index in [0.717, 1.165) is 25.7 Å². The van der Waals surface area contributed by atoms with Crippen LogP contribution in [-0.4, -0.2) is 35.9 Å². The smallest absolute Gasteiger partial charge is 0.322 e. The highest BCUT2D eigenvalue weighted by molar-refractivity contribution is 5.75. The van der Waals surface area contributed by atoms with E-state index in [-0.39, 0.29) is 12.0 Å². The summed E-state index contributed by atoms with van der Waals surface area (Å²) in [6.45, 7) is 8.89. The molecule has 0 saturated heterocycles. The Balaban J connectivity index is 2.37. The van der Waals surface area contributed by atoms with E-state index in [1.54, 1.807) is 13.8 Å². The highest BCUT2D eigenvalue weighted by Crippen LogP contribution is 2.39. The molecule has 18 heavy (non-hydrogen) atoms. The summed E-state index contributed by atoms with van der Waals surface area (Å²) < 4.78 is 4.93. The lowest BCUT2D eigenvalue weighted by Crippen LogP contribution is -2.49. The molecule has 0 amide bonds. The van der Waals surface area contributed by atoms with E-state index in [0.29, 0.717) is 18.6 Å². The molecule has 0 aromatic rings. The van der Waals surface area contributed by atoms with Crippen molar-refractivity contribution in [1.29, 1.82) is 0 Å². The SMILES string of the molecule is CCOC(=O)C(C)NCC1(O)CCC(C)(C)CC1. The Morgan fingerprint density at radius 1 is 1.33 bits per heavy atom. The molecule has 0 aliphatic heterocycles. The largest absolute Gasteiger partial charge is 0.465 e. The number of hydrogen-bond donors (Lipinski definition) is 2. The molecular formula is C14H27NO3. The fourth-order valence-electron chi connectivity index (χ4n) is 2.26.